The van der Waals surface area contributed by atoms with Crippen LogP contribution in [-0.4, -0.2) is 38.3 Å². The van der Waals surface area contributed by atoms with Gasteiger partial charge < -0.3 is 0 Å². The van der Waals surface area contributed by atoms with Crippen molar-refractivity contribution in [1.29, 1.82) is 0 Å². The molecule has 0 spiro atoms. The minimum absolute atomic E-state index is 0.00925. The second-order valence-corrected chi connectivity index (χ2v) is 7.88. The van der Waals surface area contributed by atoms with E-state index in [4.69, 9.17) is 0 Å². The zero-order valence-corrected chi connectivity index (χ0v) is 13.5. The number of anilines is 1. The third-order valence-corrected chi connectivity index (χ3v) is 6.16. The molecular weight excluding hydrogens is 302 g/mol. The van der Waals surface area contributed by atoms with Crippen molar-refractivity contribution in [2.45, 2.75) is 31.1 Å². The Balaban J connectivity index is 1.78. The number of carbonyl (C=O) groups is 1. The molecule has 1 aromatic rings. The van der Waals surface area contributed by atoms with E-state index in [2.05, 4.69) is 5.43 Å². The number of hydrazine groups is 1. The number of rotatable bonds is 3. The fourth-order valence-electron chi connectivity index (χ4n) is 2.87. The predicted octanol–water partition coefficient (Wildman–Crippen LogP) is 1.35. The molecular formula is C15H21N3O3S. The molecule has 22 heavy (non-hydrogen) atoms. The summed E-state index contributed by atoms with van der Waals surface area (Å²) in [5.74, 6) is -0.0678. The van der Waals surface area contributed by atoms with Crippen LogP contribution in [0.5, 0.6) is 0 Å². The van der Waals surface area contributed by atoms with Crippen molar-refractivity contribution in [3.63, 3.8) is 0 Å². The standard InChI is InChI=1S/C15H21N3O3S/c1-12-11-18(16-15(12)19)13-5-7-14(8-6-13)22(20,21)17-9-3-2-4-10-17/h5-8,12H,2-4,9-11H2,1H3,(H,16,19)/t12-/m1/s1. The van der Waals surface area contributed by atoms with Crippen LogP contribution in [0.15, 0.2) is 29.2 Å². The molecule has 1 N–H and O–H groups in total. The molecule has 2 saturated heterocycles. The lowest BCUT2D eigenvalue weighted by atomic mass is 10.2. The Labute approximate surface area is 131 Å². The highest BCUT2D eigenvalue weighted by atomic mass is 32.2. The number of hydrogen-bond acceptors (Lipinski definition) is 4. The Hall–Kier alpha value is -1.60. The van der Waals surface area contributed by atoms with Gasteiger partial charge in [-0.1, -0.05) is 13.3 Å². The van der Waals surface area contributed by atoms with Crippen molar-refractivity contribution in [2.75, 3.05) is 24.6 Å². The van der Waals surface area contributed by atoms with Crippen molar-refractivity contribution < 1.29 is 13.2 Å². The molecule has 1 aromatic carbocycles. The molecule has 1 atom stereocenters. The van der Waals surface area contributed by atoms with Crippen LogP contribution in [0.25, 0.3) is 0 Å². The van der Waals surface area contributed by atoms with Gasteiger partial charge in [-0.3, -0.25) is 15.2 Å². The van der Waals surface area contributed by atoms with Crippen molar-refractivity contribution >= 4 is 21.6 Å². The number of hydrogen-bond donors (Lipinski definition) is 1. The highest BCUT2D eigenvalue weighted by Gasteiger charge is 2.28. The molecule has 2 heterocycles. The average molecular weight is 323 g/mol. The van der Waals surface area contributed by atoms with Gasteiger partial charge in [0.1, 0.15) is 0 Å². The van der Waals surface area contributed by atoms with E-state index in [-0.39, 0.29) is 11.8 Å². The van der Waals surface area contributed by atoms with Gasteiger partial charge in [0.15, 0.2) is 0 Å². The van der Waals surface area contributed by atoms with Gasteiger partial charge in [0.2, 0.25) is 15.9 Å². The predicted molar refractivity (Wildman–Crippen MR) is 83.7 cm³/mol. The topological polar surface area (TPSA) is 69.7 Å². The quantitative estimate of drug-likeness (QED) is 0.911. The van der Waals surface area contributed by atoms with Gasteiger partial charge in [0.25, 0.3) is 0 Å². The molecule has 0 saturated carbocycles. The monoisotopic (exact) mass is 323 g/mol. The molecule has 0 aliphatic carbocycles. The molecule has 3 rings (SSSR count). The van der Waals surface area contributed by atoms with Gasteiger partial charge in [-0.2, -0.15) is 4.31 Å². The molecule has 0 unspecified atom stereocenters. The molecule has 120 valence electrons. The SMILES string of the molecule is C[C@@H]1CN(c2ccc(S(=O)(=O)N3CCCCC3)cc2)NC1=O. The number of nitrogens with one attached hydrogen (secondary N) is 1. The van der Waals surface area contributed by atoms with E-state index in [1.807, 2.05) is 6.92 Å². The third-order valence-electron chi connectivity index (χ3n) is 4.25. The zero-order valence-electron chi connectivity index (χ0n) is 12.7. The second-order valence-electron chi connectivity index (χ2n) is 5.95. The van der Waals surface area contributed by atoms with Crippen LogP contribution in [0.1, 0.15) is 26.2 Å². The van der Waals surface area contributed by atoms with E-state index in [0.29, 0.717) is 24.5 Å². The molecule has 7 heteroatoms. The van der Waals surface area contributed by atoms with Crippen LogP contribution in [0, 0.1) is 5.92 Å². The maximum atomic E-state index is 12.6. The number of carbonyl (C=O) groups excluding carboxylic acids is 1. The number of benzene rings is 1. The first-order valence-electron chi connectivity index (χ1n) is 7.67. The largest absolute Gasteiger partial charge is 0.285 e. The average Bonchev–Trinajstić information content (AvgIpc) is 2.88. The maximum absolute atomic E-state index is 12.6. The van der Waals surface area contributed by atoms with Crippen molar-refractivity contribution in [2.24, 2.45) is 5.92 Å². The minimum atomic E-state index is -3.40. The van der Waals surface area contributed by atoms with Gasteiger partial charge in [0.05, 0.1) is 23.0 Å². The van der Waals surface area contributed by atoms with Crippen LogP contribution in [0.3, 0.4) is 0 Å². The van der Waals surface area contributed by atoms with Crippen LogP contribution in [0.2, 0.25) is 0 Å². The summed E-state index contributed by atoms with van der Waals surface area (Å²) in [5, 5.41) is 1.75. The van der Waals surface area contributed by atoms with Gasteiger partial charge in [-0.15, -0.1) is 0 Å². The lowest BCUT2D eigenvalue weighted by molar-refractivity contribution is -0.121. The summed E-state index contributed by atoms with van der Waals surface area (Å²) < 4.78 is 26.7. The van der Waals surface area contributed by atoms with Crippen LogP contribution in [-0.2, 0) is 14.8 Å². The summed E-state index contributed by atoms with van der Waals surface area (Å²) in [5.41, 5.74) is 3.58. The van der Waals surface area contributed by atoms with Gasteiger partial charge in [-0.25, -0.2) is 8.42 Å². The Morgan fingerprint density at radius 2 is 1.73 bits per heavy atom. The highest BCUT2D eigenvalue weighted by Crippen LogP contribution is 2.24. The Kier molecular flexibility index (Phi) is 4.10. The van der Waals surface area contributed by atoms with Crippen molar-refractivity contribution in [3.8, 4) is 0 Å². The summed E-state index contributed by atoms with van der Waals surface area (Å²) in [6, 6.07) is 6.73. The van der Waals surface area contributed by atoms with E-state index < -0.39 is 10.0 Å². The number of amides is 1. The molecule has 1 amide bonds. The maximum Gasteiger partial charge on any atom is 0.243 e. The van der Waals surface area contributed by atoms with Gasteiger partial charge >= 0.3 is 0 Å². The number of nitrogens with zero attached hydrogens (tertiary/aromatic N) is 2. The molecule has 0 radical (unpaired) electrons. The summed E-state index contributed by atoms with van der Waals surface area (Å²) in [7, 11) is -3.40. The smallest absolute Gasteiger partial charge is 0.243 e. The molecule has 2 aliphatic heterocycles. The summed E-state index contributed by atoms with van der Waals surface area (Å²) in [6.07, 6.45) is 2.95. The first-order chi connectivity index (χ1) is 10.5. The second kappa shape index (κ2) is 5.89. The Morgan fingerprint density at radius 1 is 1.09 bits per heavy atom. The van der Waals surface area contributed by atoms with E-state index in [0.717, 1.165) is 24.9 Å². The van der Waals surface area contributed by atoms with Crippen molar-refractivity contribution in [1.82, 2.24) is 9.73 Å². The van der Waals surface area contributed by atoms with Gasteiger partial charge in [0, 0.05) is 13.1 Å². The zero-order chi connectivity index (χ0) is 15.7. The molecule has 6 nitrogen and oxygen atoms in total. The fourth-order valence-corrected chi connectivity index (χ4v) is 4.39. The van der Waals surface area contributed by atoms with E-state index in [9.17, 15) is 13.2 Å². The first-order valence-corrected chi connectivity index (χ1v) is 9.11. The summed E-state index contributed by atoms with van der Waals surface area (Å²) in [4.78, 5) is 11.9. The van der Waals surface area contributed by atoms with E-state index >= 15 is 0 Å². The van der Waals surface area contributed by atoms with Crippen molar-refractivity contribution in [3.05, 3.63) is 24.3 Å². The van der Waals surface area contributed by atoms with Crippen LogP contribution < -0.4 is 10.4 Å². The van der Waals surface area contributed by atoms with E-state index in [1.54, 1.807) is 33.6 Å². The highest BCUT2D eigenvalue weighted by molar-refractivity contribution is 7.89. The van der Waals surface area contributed by atoms with Gasteiger partial charge in [-0.05, 0) is 37.1 Å². The fraction of sp³-hybridized carbons (Fsp3) is 0.533. The lowest BCUT2D eigenvalue weighted by Gasteiger charge is -2.26. The lowest BCUT2D eigenvalue weighted by Crippen LogP contribution is -2.35. The van der Waals surface area contributed by atoms with Crippen LogP contribution >= 0.6 is 0 Å². The molecule has 0 bridgehead atoms. The van der Waals surface area contributed by atoms with E-state index in [1.165, 1.54) is 0 Å². The first kappa shape index (κ1) is 15.3. The number of piperidine rings is 1. The molecule has 2 aliphatic rings. The molecule has 2 fully saturated rings. The molecule has 0 aromatic heterocycles. The number of sulfonamides is 1. The summed E-state index contributed by atoms with van der Waals surface area (Å²) in [6.45, 7) is 3.66. The Bertz CT molecular complexity index is 651. The minimum Gasteiger partial charge on any atom is -0.285 e. The Morgan fingerprint density at radius 3 is 2.27 bits per heavy atom. The third kappa shape index (κ3) is 2.83. The van der Waals surface area contributed by atoms with Crippen LogP contribution in [0.4, 0.5) is 5.69 Å². The normalized spacial score (nSPS) is 23.6. The summed E-state index contributed by atoms with van der Waals surface area (Å²) >= 11 is 0.